The maximum absolute atomic E-state index is 12.8. The molecule has 5 nitrogen and oxygen atoms in total. The fraction of sp³-hybridized carbons (Fsp3) is 0.579. The highest BCUT2D eigenvalue weighted by molar-refractivity contribution is 6.01. The SMILES string of the molecule is Cc1cc(C)c(N2CC(C(=O)N3CCCNCC3)CC2=O)c(C)c1.Cl. The molecule has 1 unspecified atom stereocenters. The van der Waals surface area contributed by atoms with E-state index in [1.165, 1.54) is 5.56 Å². The summed E-state index contributed by atoms with van der Waals surface area (Å²) < 4.78 is 0. The van der Waals surface area contributed by atoms with Crippen LogP contribution >= 0.6 is 12.4 Å². The van der Waals surface area contributed by atoms with Gasteiger partial charge in [-0.1, -0.05) is 17.7 Å². The molecule has 0 radical (unpaired) electrons. The van der Waals surface area contributed by atoms with E-state index in [0.717, 1.165) is 49.4 Å². The molecule has 6 heteroatoms. The van der Waals surface area contributed by atoms with Crippen LogP contribution < -0.4 is 10.2 Å². The van der Waals surface area contributed by atoms with Crippen LogP contribution in [0.4, 0.5) is 5.69 Å². The van der Waals surface area contributed by atoms with Crippen LogP contribution in [0.15, 0.2) is 12.1 Å². The van der Waals surface area contributed by atoms with E-state index in [2.05, 4.69) is 24.4 Å². The van der Waals surface area contributed by atoms with E-state index in [9.17, 15) is 9.59 Å². The topological polar surface area (TPSA) is 52.7 Å². The molecule has 0 aliphatic carbocycles. The summed E-state index contributed by atoms with van der Waals surface area (Å²) in [5.41, 5.74) is 4.39. The van der Waals surface area contributed by atoms with Gasteiger partial charge >= 0.3 is 0 Å². The predicted molar refractivity (Wildman–Crippen MR) is 102 cm³/mol. The number of carbonyl (C=O) groups is 2. The molecular weight excluding hydrogens is 338 g/mol. The van der Waals surface area contributed by atoms with Crippen molar-refractivity contribution in [2.75, 3.05) is 37.6 Å². The summed E-state index contributed by atoms with van der Waals surface area (Å²) in [6, 6.07) is 4.20. The molecule has 0 saturated carbocycles. The van der Waals surface area contributed by atoms with Gasteiger partial charge in [0.25, 0.3) is 0 Å². The van der Waals surface area contributed by atoms with Crippen LogP contribution in [-0.4, -0.2) is 49.4 Å². The first-order valence-electron chi connectivity index (χ1n) is 8.85. The van der Waals surface area contributed by atoms with Crippen molar-refractivity contribution in [3.63, 3.8) is 0 Å². The summed E-state index contributed by atoms with van der Waals surface area (Å²) in [6.45, 7) is 9.98. The molecular formula is C19H28ClN3O2. The fourth-order valence-electron chi connectivity index (χ4n) is 4.01. The Morgan fingerprint density at radius 1 is 1.12 bits per heavy atom. The van der Waals surface area contributed by atoms with Crippen molar-refractivity contribution in [3.8, 4) is 0 Å². The largest absolute Gasteiger partial charge is 0.341 e. The average molecular weight is 366 g/mol. The van der Waals surface area contributed by atoms with Gasteiger partial charge in [-0.3, -0.25) is 9.59 Å². The van der Waals surface area contributed by atoms with Crippen LogP contribution in [0.3, 0.4) is 0 Å². The molecule has 1 aromatic rings. The Balaban J connectivity index is 0.00000225. The predicted octanol–water partition coefficient (Wildman–Crippen LogP) is 2.21. The number of amides is 2. The first kappa shape index (κ1) is 19.7. The van der Waals surface area contributed by atoms with Crippen molar-refractivity contribution < 1.29 is 9.59 Å². The molecule has 2 heterocycles. The lowest BCUT2D eigenvalue weighted by Gasteiger charge is -2.25. The Hall–Kier alpha value is -1.59. The zero-order valence-corrected chi connectivity index (χ0v) is 16.1. The lowest BCUT2D eigenvalue weighted by Crippen LogP contribution is -2.39. The van der Waals surface area contributed by atoms with Gasteiger partial charge in [0.15, 0.2) is 0 Å². The molecule has 1 atom stereocenters. The van der Waals surface area contributed by atoms with Gasteiger partial charge in [-0.05, 0) is 44.9 Å². The number of halogens is 1. The second-order valence-corrected chi connectivity index (χ2v) is 7.08. The first-order valence-corrected chi connectivity index (χ1v) is 8.85. The van der Waals surface area contributed by atoms with Crippen LogP contribution in [0, 0.1) is 26.7 Å². The Morgan fingerprint density at radius 2 is 1.80 bits per heavy atom. The Morgan fingerprint density at radius 3 is 2.48 bits per heavy atom. The fourth-order valence-corrected chi connectivity index (χ4v) is 4.01. The van der Waals surface area contributed by atoms with E-state index in [0.29, 0.717) is 13.0 Å². The van der Waals surface area contributed by atoms with E-state index < -0.39 is 0 Å². The van der Waals surface area contributed by atoms with Gasteiger partial charge in [-0.25, -0.2) is 0 Å². The van der Waals surface area contributed by atoms with Crippen molar-refractivity contribution >= 4 is 29.9 Å². The van der Waals surface area contributed by atoms with Gasteiger partial charge in [0.1, 0.15) is 0 Å². The molecule has 2 amide bonds. The molecule has 2 saturated heterocycles. The minimum Gasteiger partial charge on any atom is -0.341 e. The zero-order valence-electron chi connectivity index (χ0n) is 15.3. The normalized spacial score (nSPS) is 21.1. The number of nitrogens with one attached hydrogen (secondary N) is 1. The van der Waals surface area contributed by atoms with Gasteiger partial charge in [0.2, 0.25) is 11.8 Å². The highest BCUT2D eigenvalue weighted by Crippen LogP contribution is 2.32. The van der Waals surface area contributed by atoms with Gasteiger partial charge in [-0.2, -0.15) is 0 Å². The van der Waals surface area contributed by atoms with Crippen molar-refractivity contribution in [2.45, 2.75) is 33.6 Å². The van der Waals surface area contributed by atoms with Gasteiger partial charge < -0.3 is 15.1 Å². The molecule has 2 aliphatic rings. The molecule has 3 rings (SSSR count). The number of hydrogen-bond donors (Lipinski definition) is 1. The number of carbonyl (C=O) groups excluding carboxylic acids is 2. The van der Waals surface area contributed by atoms with Gasteiger partial charge in [-0.15, -0.1) is 12.4 Å². The third-order valence-electron chi connectivity index (χ3n) is 5.03. The number of anilines is 1. The van der Waals surface area contributed by atoms with E-state index in [4.69, 9.17) is 0 Å². The average Bonchev–Trinajstić information content (AvgIpc) is 2.74. The first-order chi connectivity index (χ1) is 11.5. The van der Waals surface area contributed by atoms with E-state index in [-0.39, 0.29) is 30.1 Å². The van der Waals surface area contributed by atoms with E-state index in [1.54, 1.807) is 0 Å². The lowest BCUT2D eigenvalue weighted by molar-refractivity contribution is -0.135. The van der Waals surface area contributed by atoms with Crippen LogP contribution in [0.1, 0.15) is 29.5 Å². The Bertz CT molecular complexity index is 631. The quantitative estimate of drug-likeness (QED) is 0.874. The summed E-state index contributed by atoms with van der Waals surface area (Å²) in [7, 11) is 0. The molecule has 1 aromatic carbocycles. The van der Waals surface area contributed by atoms with Crippen LogP contribution in [0.25, 0.3) is 0 Å². The highest BCUT2D eigenvalue weighted by Gasteiger charge is 2.38. The Kier molecular flexibility index (Phi) is 6.47. The number of nitrogens with zero attached hydrogens (tertiary/aromatic N) is 2. The number of hydrogen-bond acceptors (Lipinski definition) is 3. The maximum Gasteiger partial charge on any atom is 0.228 e. The zero-order chi connectivity index (χ0) is 17.3. The summed E-state index contributed by atoms with van der Waals surface area (Å²) in [4.78, 5) is 29.1. The standard InChI is InChI=1S/C19H27N3O2.ClH/c1-13-9-14(2)18(15(3)10-13)22-12-16(11-17(22)23)19(24)21-7-4-5-20-6-8-21;/h9-10,16,20H,4-8,11-12H2,1-3H3;1H. The van der Waals surface area contributed by atoms with Crippen molar-refractivity contribution in [1.29, 1.82) is 0 Å². The van der Waals surface area contributed by atoms with Crippen molar-refractivity contribution in [1.82, 2.24) is 10.2 Å². The maximum atomic E-state index is 12.8. The third kappa shape index (κ3) is 4.15. The molecule has 0 aromatic heterocycles. The molecule has 2 fully saturated rings. The van der Waals surface area contributed by atoms with Crippen LogP contribution in [0.2, 0.25) is 0 Å². The van der Waals surface area contributed by atoms with E-state index in [1.807, 2.05) is 23.6 Å². The minimum absolute atomic E-state index is 0. The molecule has 25 heavy (non-hydrogen) atoms. The van der Waals surface area contributed by atoms with Crippen LogP contribution in [0.5, 0.6) is 0 Å². The van der Waals surface area contributed by atoms with Crippen LogP contribution in [-0.2, 0) is 9.59 Å². The molecule has 1 N–H and O–H groups in total. The summed E-state index contributed by atoms with van der Waals surface area (Å²) in [5, 5.41) is 3.32. The van der Waals surface area contributed by atoms with Crippen molar-refractivity contribution in [2.24, 2.45) is 5.92 Å². The van der Waals surface area contributed by atoms with E-state index >= 15 is 0 Å². The Labute approximate surface area is 156 Å². The summed E-state index contributed by atoms with van der Waals surface area (Å²) >= 11 is 0. The molecule has 138 valence electrons. The second kappa shape index (κ2) is 8.19. The summed E-state index contributed by atoms with van der Waals surface area (Å²) in [6.07, 6.45) is 1.31. The van der Waals surface area contributed by atoms with Gasteiger partial charge in [0, 0.05) is 38.3 Å². The highest BCUT2D eigenvalue weighted by atomic mass is 35.5. The summed E-state index contributed by atoms with van der Waals surface area (Å²) in [5.74, 6) is -0.0102. The number of rotatable bonds is 2. The van der Waals surface area contributed by atoms with Crippen molar-refractivity contribution in [3.05, 3.63) is 28.8 Å². The second-order valence-electron chi connectivity index (χ2n) is 7.08. The van der Waals surface area contributed by atoms with Gasteiger partial charge in [0.05, 0.1) is 5.92 Å². The smallest absolute Gasteiger partial charge is 0.228 e. The molecule has 2 aliphatic heterocycles. The lowest BCUT2D eigenvalue weighted by atomic mass is 10.0. The number of aryl methyl sites for hydroxylation is 3. The molecule has 0 bridgehead atoms. The third-order valence-corrected chi connectivity index (χ3v) is 5.03. The molecule has 0 spiro atoms. The number of benzene rings is 1. The minimum atomic E-state index is -0.212. The monoisotopic (exact) mass is 365 g/mol.